The van der Waals surface area contributed by atoms with Crippen molar-refractivity contribution in [1.29, 1.82) is 0 Å². The summed E-state index contributed by atoms with van der Waals surface area (Å²) in [5, 5.41) is 30.6. The van der Waals surface area contributed by atoms with Gasteiger partial charge in [-0.1, -0.05) is 0 Å². The minimum absolute atomic E-state index is 0. The van der Waals surface area contributed by atoms with E-state index in [1.165, 1.54) is 13.8 Å². The molecule has 0 aliphatic carbocycles. The Morgan fingerprint density at radius 2 is 0.867 bits per heavy atom. The van der Waals surface area contributed by atoms with Crippen LogP contribution in [0.5, 0.6) is 0 Å². The third-order valence-corrected chi connectivity index (χ3v) is 0. The molecule has 0 fully saturated rings. The Bertz CT molecular complexity index is 58.9. The Labute approximate surface area is 108 Å². The van der Waals surface area contributed by atoms with Crippen LogP contribution in [0.25, 0.3) is 0 Å². The van der Waals surface area contributed by atoms with Gasteiger partial charge in [-0.3, -0.25) is 0 Å². The smallest absolute Gasteiger partial charge is 0.566 e. The molecule has 0 aliphatic rings. The van der Waals surface area contributed by atoms with E-state index < -0.39 is 5.72 Å². The third-order valence-electron chi connectivity index (χ3n) is 0. The predicted octanol–water partition coefficient (Wildman–Crippen LogP) is 1.29. The minimum Gasteiger partial charge on any atom is -0.566 e. The quantitative estimate of drug-likeness (QED) is 0.256. The first-order chi connectivity index (χ1) is 6.24. The largest absolute Gasteiger partial charge is 3.00 e. The Kier molecular flexibility index (Phi) is 57.7. The molecule has 1 radical (unpaired) electrons. The summed E-state index contributed by atoms with van der Waals surface area (Å²) in [6.07, 6.45) is 0. The number of hydrogen-bond acceptors (Lipinski definition) is 5. The number of rotatable bonds is 0. The number of aliphatic hydroxyl groups is 4. The van der Waals surface area contributed by atoms with Gasteiger partial charge in [-0.2, -0.15) is 20.8 Å². The van der Waals surface area contributed by atoms with E-state index in [4.69, 9.17) is 26.2 Å². The van der Waals surface area contributed by atoms with E-state index in [-0.39, 0.29) is 21.7 Å². The maximum atomic E-state index is 8.30. The first-order valence-corrected chi connectivity index (χ1v) is 4.02. The zero-order chi connectivity index (χ0) is 12.6. The Morgan fingerprint density at radius 3 is 0.867 bits per heavy atom. The van der Waals surface area contributed by atoms with Gasteiger partial charge in [-0.05, 0) is 13.8 Å². The van der Waals surface area contributed by atoms with Gasteiger partial charge in [0.25, 0.3) is 0 Å². The van der Waals surface area contributed by atoms with Crippen molar-refractivity contribution in [2.45, 2.75) is 40.3 Å². The molecule has 0 aromatic rings. The van der Waals surface area contributed by atoms with Crippen LogP contribution >= 0.6 is 0 Å². The molecule has 6 N–H and O–H groups in total. The molecule has 0 saturated carbocycles. The van der Waals surface area contributed by atoms with E-state index in [9.17, 15) is 0 Å². The Morgan fingerprint density at radius 1 is 0.867 bits per heavy atom. The summed E-state index contributed by atoms with van der Waals surface area (Å²) in [6, 6.07) is 0. The first-order valence-electron chi connectivity index (χ1n) is 4.02. The van der Waals surface area contributed by atoms with Gasteiger partial charge in [-0.25, -0.2) is 19.8 Å². The predicted molar refractivity (Wildman–Crippen MR) is 56.2 cm³/mol. The number of nitrogens with two attached hydrogens (primary N) is 1. The molecule has 0 rings (SSSR count). The van der Waals surface area contributed by atoms with Crippen molar-refractivity contribution in [3.05, 3.63) is 19.8 Å². The van der Waals surface area contributed by atoms with Crippen LogP contribution in [0.4, 0.5) is 0 Å². The molecular weight excluding hydrogens is 234 g/mol. The van der Waals surface area contributed by atoms with Gasteiger partial charge in [-0.15, -0.1) is 0 Å². The van der Waals surface area contributed by atoms with Crippen LogP contribution in [-0.4, -0.2) is 26.2 Å². The Balaban J connectivity index is -0.0000000300. The van der Waals surface area contributed by atoms with E-state index >= 15 is 0 Å². The zero-order valence-electron chi connectivity index (χ0n) is 10.1. The molecule has 0 unspecified atom stereocenters. The summed E-state index contributed by atoms with van der Waals surface area (Å²) in [5.74, 6) is 0. The van der Waals surface area contributed by atoms with Crippen LogP contribution in [0.15, 0.2) is 0 Å². The average molecular weight is 258 g/mol. The fraction of sp³-hybridized carbons (Fsp3) is 0.667. The molecule has 0 aliphatic heterocycles. The second-order valence-corrected chi connectivity index (χ2v) is 2.43. The van der Waals surface area contributed by atoms with E-state index in [0.29, 0.717) is 0 Å². The van der Waals surface area contributed by atoms with Crippen LogP contribution in [0.3, 0.4) is 0 Å². The van der Waals surface area contributed by atoms with Gasteiger partial charge in [0.2, 0.25) is 0 Å². The Hall–Kier alpha value is 0.514. The van der Waals surface area contributed by atoms with Crippen LogP contribution in [0.1, 0.15) is 34.6 Å². The molecule has 0 atom stereocenters. The average Bonchev–Trinajstić information content (AvgIpc) is 1.86. The van der Waals surface area contributed by atoms with Crippen molar-refractivity contribution in [2.24, 2.45) is 5.73 Å². The molecule has 5 nitrogen and oxygen atoms in total. The number of aliphatic hydroxyl groups excluding tert-OH is 3. The topological polar surface area (TPSA) is 107 Å². The van der Waals surface area contributed by atoms with Crippen molar-refractivity contribution < 1.29 is 42.1 Å². The van der Waals surface area contributed by atoms with Crippen molar-refractivity contribution in [1.82, 2.24) is 0 Å². The molecule has 6 heteroatoms. The van der Waals surface area contributed by atoms with E-state index in [0.717, 1.165) is 19.8 Å². The SMILES string of the molecule is CC(C)(N)O.C[CH-]O.C[CH-]O.C[CH-]O.[Ti+3]. The van der Waals surface area contributed by atoms with Crippen LogP contribution in [-0.2, 0) is 21.7 Å². The van der Waals surface area contributed by atoms with Crippen LogP contribution in [0.2, 0.25) is 0 Å². The van der Waals surface area contributed by atoms with Gasteiger partial charge in [0.1, 0.15) is 5.72 Å². The number of hydrogen-bond donors (Lipinski definition) is 5. The van der Waals surface area contributed by atoms with Crippen molar-refractivity contribution in [3.8, 4) is 0 Å². The second-order valence-electron chi connectivity index (χ2n) is 2.43. The fourth-order valence-corrected chi connectivity index (χ4v) is 0. The maximum absolute atomic E-state index is 8.30. The van der Waals surface area contributed by atoms with Gasteiger partial charge in [0.05, 0.1) is 0 Å². The third kappa shape index (κ3) is 8590. The fourth-order valence-electron chi connectivity index (χ4n) is 0. The normalized spacial score (nSPS) is 7.60. The zero-order valence-corrected chi connectivity index (χ0v) is 11.7. The summed E-state index contributed by atoms with van der Waals surface area (Å²) in [6.45, 7) is 10.7. The maximum Gasteiger partial charge on any atom is 3.00 e. The monoisotopic (exact) mass is 258 g/mol. The van der Waals surface area contributed by atoms with Crippen molar-refractivity contribution in [2.75, 3.05) is 0 Å². The van der Waals surface area contributed by atoms with E-state index in [1.54, 1.807) is 20.8 Å². The molecular formula is C9H24NO4Ti. The van der Waals surface area contributed by atoms with Gasteiger partial charge < -0.3 is 26.2 Å². The van der Waals surface area contributed by atoms with E-state index in [1.807, 2.05) is 0 Å². The van der Waals surface area contributed by atoms with Crippen molar-refractivity contribution in [3.63, 3.8) is 0 Å². The molecule has 93 valence electrons. The first kappa shape index (κ1) is 29.6. The molecule has 15 heavy (non-hydrogen) atoms. The molecule has 0 bridgehead atoms. The van der Waals surface area contributed by atoms with Gasteiger partial charge >= 0.3 is 21.7 Å². The summed E-state index contributed by atoms with van der Waals surface area (Å²) < 4.78 is 0. The van der Waals surface area contributed by atoms with Crippen molar-refractivity contribution >= 4 is 0 Å². The van der Waals surface area contributed by atoms with Gasteiger partial charge in [0.15, 0.2) is 0 Å². The second kappa shape index (κ2) is 29.3. The molecule has 0 aromatic carbocycles. The summed E-state index contributed by atoms with van der Waals surface area (Å²) in [5.41, 5.74) is 3.91. The summed E-state index contributed by atoms with van der Waals surface area (Å²) >= 11 is 0. The molecule has 0 amide bonds. The minimum atomic E-state index is -1.00. The molecule has 0 heterocycles. The van der Waals surface area contributed by atoms with Crippen LogP contribution in [0, 0.1) is 19.8 Å². The van der Waals surface area contributed by atoms with E-state index in [2.05, 4.69) is 0 Å². The standard InChI is InChI=1S/C3H9NO.3C2H5O.Ti/c1-3(2,4)5;3*1-2-3;/h5H,4H2,1-2H3;3*2-3H,1H3;/q;3*-1;+3. The molecule has 0 spiro atoms. The summed E-state index contributed by atoms with van der Waals surface area (Å²) in [7, 11) is 0. The summed E-state index contributed by atoms with van der Waals surface area (Å²) in [4.78, 5) is 0. The van der Waals surface area contributed by atoms with Crippen LogP contribution < -0.4 is 5.73 Å². The van der Waals surface area contributed by atoms with Gasteiger partial charge in [0, 0.05) is 0 Å². The molecule has 0 aromatic heterocycles. The molecule has 0 saturated heterocycles.